The number of rotatable bonds is 0. The van der Waals surface area contributed by atoms with Gasteiger partial charge in [0.1, 0.15) is 0 Å². The molecule has 0 saturated heterocycles. The highest BCUT2D eigenvalue weighted by molar-refractivity contribution is 5.34. The Hall–Kier alpha value is -1.49. The fourth-order valence-electron chi connectivity index (χ4n) is 0.327. The SMILES string of the molecule is [C-]#[N+]C(C#N)=C(C)C(F)(F)F. The molecular formula is C6H3F3N2. The van der Waals surface area contributed by atoms with Crippen molar-refractivity contribution in [2.75, 3.05) is 0 Å². The minimum absolute atomic E-state index is 0.705. The van der Waals surface area contributed by atoms with Crippen LogP contribution in [0.15, 0.2) is 11.3 Å². The molecule has 0 heterocycles. The van der Waals surface area contributed by atoms with Crippen molar-refractivity contribution in [3.05, 3.63) is 22.7 Å². The van der Waals surface area contributed by atoms with Crippen molar-refractivity contribution >= 4 is 0 Å². The molecule has 0 spiro atoms. The van der Waals surface area contributed by atoms with E-state index >= 15 is 0 Å². The molecule has 5 heteroatoms. The van der Waals surface area contributed by atoms with Gasteiger partial charge in [-0.1, -0.05) is 0 Å². The summed E-state index contributed by atoms with van der Waals surface area (Å²) >= 11 is 0. The lowest BCUT2D eigenvalue weighted by Gasteiger charge is -2.04. The van der Waals surface area contributed by atoms with E-state index in [1.54, 1.807) is 0 Å². The van der Waals surface area contributed by atoms with Gasteiger partial charge < -0.3 is 0 Å². The minimum atomic E-state index is -4.57. The third-order valence-corrected chi connectivity index (χ3v) is 0.998. The normalized spacial score (nSPS) is 12.9. The van der Waals surface area contributed by atoms with Crippen molar-refractivity contribution < 1.29 is 13.2 Å². The molecule has 0 aromatic heterocycles. The summed E-state index contributed by atoms with van der Waals surface area (Å²) in [6.45, 7) is 6.92. The Bertz CT molecular complexity index is 245. The lowest BCUT2D eigenvalue weighted by atomic mass is 10.2. The maximum Gasteiger partial charge on any atom is 0.404 e. The zero-order valence-corrected chi connectivity index (χ0v) is 5.53. The zero-order chi connectivity index (χ0) is 9.07. The maximum atomic E-state index is 11.7. The lowest BCUT2D eigenvalue weighted by molar-refractivity contribution is -0.0917. The Morgan fingerprint density at radius 1 is 1.55 bits per heavy atom. The highest BCUT2D eigenvalue weighted by Crippen LogP contribution is 2.27. The number of nitrogens with zero attached hydrogens (tertiary/aromatic N) is 2. The van der Waals surface area contributed by atoms with Gasteiger partial charge in [-0.05, 0) is 6.92 Å². The summed E-state index contributed by atoms with van der Waals surface area (Å²) in [5.74, 6) is 0. The molecule has 0 saturated carbocycles. The summed E-state index contributed by atoms with van der Waals surface area (Å²) in [5.41, 5.74) is -2.05. The van der Waals surface area contributed by atoms with E-state index in [1.807, 2.05) is 0 Å². The number of halogens is 3. The first-order valence-corrected chi connectivity index (χ1v) is 2.49. The van der Waals surface area contributed by atoms with Crippen molar-refractivity contribution in [3.63, 3.8) is 0 Å². The van der Waals surface area contributed by atoms with E-state index in [2.05, 4.69) is 4.85 Å². The Kier molecular flexibility index (Phi) is 2.65. The van der Waals surface area contributed by atoms with Crippen molar-refractivity contribution in [2.45, 2.75) is 13.1 Å². The second kappa shape index (κ2) is 3.07. The summed E-state index contributed by atoms with van der Waals surface area (Å²) < 4.78 is 35.2. The van der Waals surface area contributed by atoms with E-state index in [4.69, 9.17) is 11.8 Å². The third-order valence-electron chi connectivity index (χ3n) is 0.998. The Labute approximate surface area is 61.4 Å². The second-order valence-electron chi connectivity index (χ2n) is 1.69. The molecule has 2 nitrogen and oxygen atoms in total. The standard InChI is InChI=1S/C6H3F3N2/c1-4(6(7,8)9)5(3-10)11-2/h1H3. The molecule has 58 valence electrons. The molecule has 0 rings (SSSR count). The smallest absolute Gasteiger partial charge is 0.226 e. The number of hydrogen-bond acceptors (Lipinski definition) is 1. The topological polar surface area (TPSA) is 28.1 Å². The van der Waals surface area contributed by atoms with Gasteiger partial charge in [0, 0.05) is 5.57 Å². The Morgan fingerprint density at radius 3 is 2.09 bits per heavy atom. The van der Waals surface area contributed by atoms with Crippen LogP contribution in [-0.4, -0.2) is 6.18 Å². The summed E-state index contributed by atoms with van der Waals surface area (Å²) in [6.07, 6.45) is -4.57. The highest BCUT2D eigenvalue weighted by Gasteiger charge is 2.32. The van der Waals surface area contributed by atoms with Crippen LogP contribution in [0, 0.1) is 17.9 Å². The Morgan fingerprint density at radius 2 is 2.00 bits per heavy atom. The molecule has 0 amide bonds. The molecule has 11 heavy (non-hydrogen) atoms. The Balaban J connectivity index is 5.01. The molecule has 0 aliphatic heterocycles. The molecule has 0 aromatic carbocycles. The van der Waals surface area contributed by atoms with E-state index in [9.17, 15) is 13.2 Å². The fraction of sp³-hybridized carbons (Fsp3) is 0.333. The van der Waals surface area contributed by atoms with Gasteiger partial charge in [-0.15, -0.1) is 0 Å². The van der Waals surface area contributed by atoms with E-state index in [0.717, 1.165) is 6.07 Å². The molecule has 0 radical (unpaired) electrons. The van der Waals surface area contributed by atoms with E-state index in [-0.39, 0.29) is 0 Å². The van der Waals surface area contributed by atoms with Crippen LogP contribution in [0.2, 0.25) is 0 Å². The van der Waals surface area contributed by atoms with Crippen LogP contribution in [0.1, 0.15) is 6.92 Å². The minimum Gasteiger partial charge on any atom is -0.226 e. The number of nitriles is 1. The van der Waals surface area contributed by atoms with Gasteiger partial charge in [0.25, 0.3) is 5.70 Å². The zero-order valence-electron chi connectivity index (χ0n) is 5.53. The summed E-state index contributed by atoms with van der Waals surface area (Å²) in [4.78, 5) is 2.42. The van der Waals surface area contributed by atoms with Gasteiger partial charge in [-0.3, -0.25) is 0 Å². The van der Waals surface area contributed by atoms with Crippen molar-refractivity contribution in [2.24, 2.45) is 0 Å². The summed E-state index contributed by atoms with van der Waals surface area (Å²) in [7, 11) is 0. The van der Waals surface area contributed by atoms with Gasteiger partial charge in [0.2, 0.25) is 0 Å². The lowest BCUT2D eigenvalue weighted by Crippen LogP contribution is -2.10. The molecule has 0 aliphatic carbocycles. The molecule has 0 atom stereocenters. The average Bonchev–Trinajstić information content (AvgIpc) is 1.88. The molecule has 0 N–H and O–H groups in total. The van der Waals surface area contributed by atoms with Crippen molar-refractivity contribution in [1.82, 2.24) is 0 Å². The second-order valence-corrected chi connectivity index (χ2v) is 1.69. The number of allylic oxidation sites excluding steroid dienone is 2. The van der Waals surface area contributed by atoms with E-state index in [1.165, 1.54) is 0 Å². The van der Waals surface area contributed by atoms with Crippen molar-refractivity contribution in [3.8, 4) is 6.07 Å². The molecule has 0 bridgehead atoms. The molecule has 0 aliphatic rings. The van der Waals surface area contributed by atoms with Gasteiger partial charge >= 0.3 is 6.18 Å². The first kappa shape index (κ1) is 9.51. The highest BCUT2D eigenvalue weighted by atomic mass is 19.4. The van der Waals surface area contributed by atoms with Crippen LogP contribution in [0.4, 0.5) is 13.2 Å². The van der Waals surface area contributed by atoms with Gasteiger partial charge in [-0.25, -0.2) is 10.1 Å². The van der Waals surface area contributed by atoms with E-state index in [0.29, 0.717) is 6.92 Å². The first-order valence-electron chi connectivity index (χ1n) is 2.49. The summed E-state index contributed by atoms with van der Waals surface area (Å²) in [5, 5.41) is 8.04. The summed E-state index contributed by atoms with van der Waals surface area (Å²) in [6, 6.07) is 1.16. The molecular weight excluding hydrogens is 157 g/mol. The quantitative estimate of drug-likeness (QED) is 0.394. The monoisotopic (exact) mass is 160 g/mol. The first-order chi connectivity index (χ1) is 4.93. The van der Waals surface area contributed by atoms with Crippen LogP contribution < -0.4 is 0 Å². The third kappa shape index (κ3) is 2.30. The number of alkyl halides is 3. The van der Waals surface area contributed by atoms with Crippen LogP contribution in [0.25, 0.3) is 4.85 Å². The predicted octanol–water partition coefficient (Wildman–Crippen LogP) is 2.27. The molecule has 0 aromatic rings. The molecule has 0 fully saturated rings. The van der Waals surface area contributed by atoms with Crippen LogP contribution in [-0.2, 0) is 0 Å². The van der Waals surface area contributed by atoms with Gasteiger partial charge in [0.05, 0.1) is 12.6 Å². The molecule has 0 unspecified atom stereocenters. The van der Waals surface area contributed by atoms with Crippen LogP contribution in [0.5, 0.6) is 0 Å². The van der Waals surface area contributed by atoms with Crippen LogP contribution in [0.3, 0.4) is 0 Å². The maximum absolute atomic E-state index is 11.7. The predicted molar refractivity (Wildman–Crippen MR) is 31.0 cm³/mol. The van der Waals surface area contributed by atoms with Crippen molar-refractivity contribution in [1.29, 1.82) is 5.26 Å². The largest absolute Gasteiger partial charge is 0.404 e. The van der Waals surface area contributed by atoms with Gasteiger partial charge in [-0.2, -0.15) is 13.2 Å². The van der Waals surface area contributed by atoms with Crippen LogP contribution >= 0.6 is 0 Å². The van der Waals surface area contributed by atoms with E-state index < -0.39 is 17.4 Å². The number of hydrogen-bond donors (Lipinski definition) is 0. The van der Waals surface area contributed by atoms with Gasteiger partial charge in [0.15, 0.2) is 0 Å². The fourth-order valence-corrected chi connectivity index (χ4v) is 0.327. The average molecular weight is 160 g/mol.